The van der Waals surface area contributed by atoms with Gasteiger partial charge in [-0.15, -0.1) is 0 Å². The number of pyridine rings is 1. The van der Waals surface area contributed by atoms with Crippen molar-refractivity contribution in [2.75, 3.05) is 0 Å². The molecular formula is C16H20ClN3O3. The highest BCUT2D eigenvalue weighted by atomic mass is 35.5. The summed E-state index contributed by atoms with van der Waals surface area (Å²) < 4.78 is 1.61. The molecule has 6 nitrogen and oxygen atoms in total. The molecule has 23 heavy (non-hydrogen) atoms. The lowest BCUT2D eigenvalue weighted by atomic mass is 10.1. The van der Waals surface area contributed by atoms with E-state index in [2.05, 4.69) is 10.3 Å². The maximum absolute atomic E-state index is 12.6. The van der Waals surface area contributed by atoms with Crippen molar-refractivity contribution in [1.82, 2.24) is 14.7 Å². The minimum Gasteiger partial charge on any atom is -0.480 e. The number of carboxylic acids is 1. The fourth-order valence-corrected chi connectivity index (χ4v) is 2.61. The van der Waals surface area contributed by atoms with Gasteiger partial charge < -0.3 is 10.4 Å². The molecule has 0 aliphatic carbocycles. The summed E-state index contributed by atoms with van der Waals surface area (Å²) in [5.74, 6) is -1.48. The summed E-state index contributed by atoms with van der Waals surface area (Å²) >= 11 is 6.00. The van der Waals surface area contributed by atoms with E-state index in [1.807, 2.05) is 13.8 Å². The average Bonchev–Trinajstić information content (AvgIpc) is 2.88. The maximum atomic E-state index is 12.6. The third kappa shape index (κ3) is 3.82. The second-order valence-electron chi connectivity index (χ2n) is 5.34. The van der Waals surface area contributed by atoms with Crippen molar-refractivity contribution in [3.8, 4) is 0 Å². The Bertz CT molecular complexity index is 727. The lowest BCUT2D eigenvalue weighted by molar-refractivity contribution is -0.139. The number of aryl methyl sites for hydroxylation is 1. The zero-order valence-electron chi connectivity index (χ0n) is 13.2. The second-order valence-corrected chi connectivity index (χ2v) is 5.78. The molecule has 1 unspecified atom stereocenters. The van der Waals surface area contributed by atoms with Gasteiger partial charge in [0.05, 0.1) is 10.7 Å². The second kappa shape index (κ2) is 7.46. The molecule has 0 bridgehead atoms. The first kappa shape index (κ1) is 17.3. The zero-order valence-corrected chi connectivity index (χ0v) is 13.9. The number of unbranched alkanes of at least 4 members (excludes halogenated alkanes) is 1. The lowest BCUT2D eigenvalue weighted by Gasteiger charge is -2.14. The standard InChI is InChI=1S/C16H20ClN3O3/c1-3-5-6-12(16(22)23)19-15(21)14-11(4-2)18-13-8-7-10(17)9-20(13)14/h7-9,12H,3-6H2,1-2H3,(H,19,21)(H,22,23). The highest BCUT2D eigenvalue weighted by Gasteiger charge is 2.24. The van der Waals surface area contributed by atoms with Crippen molar-refractivity contribution in [3.05, 3.63) is 34.7 Å². The normalized spacial score (nSPS) is 12.3. The number of hydrogen-bond acceptors (Lipinski definition) is 3. The van der Waals surface area contributed by atoms with Crippen LogP contribution in [0.2, 0.25) is 5.02 Å². The molecule has 2 aromatic rings. The number of hydrogen-bond donors (Lipinski definition) is 2. The van der Waals surface area contributed by atoms with Gasteiger partial charge in [-0.2, -0.15) is 0 Å². The number of carbonyl (C=O) groups is 2. The van der Waals surface area contributed by atoms with E-state index in [4.69, 9.17) is 11.6 Å². The Kier molecular flexibility index (Phi) is 5.60. The smallest absolute Gasteiger partial charge is 0.326 e. The molecule has 1 amide bonds. The van der Waals surface area contributed by atoms with E-state index in [0.29, 0.717) is 34.9 Å². The number of carbonyl (C=O) groups excluding carboxylic acids is 1. The molecule has 0 aliphatic heterocycles. The van der Waals surface area contributed by atoms with E-state index in [0.717, 1.165) is 12.8 Å². The van der Waals surface area contributed by atoms with Gasteiger partial charge in [-0.05, 0) is 25.0 Å². The fraction of sp³-hybridized carbons (Fsp3) is 0.438. The molecule has 1 atom stereocenters. The van der Waals surface area contributed by atoms with Gasteiger partial charge >= 0.3 is 5.97 Å². The van der Waals surface area contributed by atoms with Crippen LogP contribution >= 0.6 is 11.6 Å². The summed E-state index contributed by atoms with van der Waals surface area (Å²) in [5, 5.41) is 12.3. The van der Waals surface area contributed by atoms with Crippen LogP contribution in [0, 0.1) is 0 Å². The average molecular weight is 338 g/mol. The summed E-state index contributed by atoms with van der Waals surface area (Å²) in [4.78, 5) is 28.3. The molecule has 0 spiro atoms. The number of fused-ring (bicyclic) bond motifs is 1. The van der Waals surface area contributed by atoms with Gasteiger partial charge in [-0.3, -0.25) is 9.20 Å². The summed E-state index contributed by atoms with van der Waals surface area (Å²) in [6.07, 6.45) is 4.17. The van der Waals surface area contributed by atoms with Crippen molar-refractivity contribution in [2.45, 2.75) is 45.6 Å². The van der Waals surface area contributed by atoms with Crippen LogP contribution in [0.4, 0.5) is 0 Å². The van der Waals surface area contributed by atoms with Gasteiger partial charge in [-0.1, -0.05) is 38.3 Å². The van der Waals surface area contributed by atoms with Gasteiger partial charge in [-0.25, -0.2) is 9.78 Å². The van der Waals surface area contributed by atoms with E-state index in [9.17, 15) is 14.7 Å². The van der Waals surface area contributed by atoms with Crippen molar-refractivity contribution < 1.29 is 14.7 Å². The molecule has 2 N–H and O–H groups in total. The van der Waals surface area contributed by atoms with Crippen LogP contribution < -0.4 is 5.32 Å². The molecule has 7 heteroatoms. The SMILES string of the molecule is CCCCC(NC(=O)c1c(CC)nc2ccc(Cl)cn12)C(=O)O. The largest absolute Gasteiger partial charge is 0.480 e. The summed E-state index contributed by atoms with van der Waals surface area (Å²) in [7, 11) is 0. The Labute approximate surface area is 139 Å². The summed E-state index contributed by atoms with van der Waals surface area (Å²) in [6, 6.07) is 2.52. The van der Waals surface area contributed by atoms with E-state index < -0.39 is 17.9 Å². The van der Waals surface area contributed by atoms with E-state index in [1.54, 1.807) is 22.7 Å². The van der Waals surface area contributed by atoms with Crippen LogP contribution in [0.15, 0.2) is 18.3 Å². The predicted octanol–water partition coefficient (Wildman–Crippen LogP) is 2.92. The topological polar surface area (TPSA) is 83.7 Å². The number of carboxylic acid groups (broad SMARTS) is 1. The van der Waals surface area contributed by atoms with E-state index >= 15 is 0 Å². The molecule has 2 aromatic heterocycles. The quantitative estimate of drug-likeness (QED) is 0.813. The van der Waals surface area contributed by atoms with Crippen LogP contribution in [0.5, 0.6) is 0 Å². The Hall–Kier alpha value is -2.08. The van der Waals surface area contributed by atoms with Gasteiger partial charge in [0.2, 0.25) is 0 Å². The first-order valence-electron chi connectivity index (χ1n) is 7.68. The fourth-order valence-electron chi connectivity index (χ4n) is 2.45. The van der Waals surface area contributed by atoms with Crippen molar-refractivity contribution in [1.29, 1.82) is 0 Å². The Morgan fingerprint density at radius 1 is 1.39 bits per heavy atom. The molecule has 0 aliphatic rings. The molecule has 0 saturated carbocycles. The van der Waals surface area contributed by atoms with E-state index in [-0.39, 0.29) is 0 Å². The Balaban J connectivity index is 2.35. The number of halogens is 1. The van der Waals surface area contributed by atoms with Gasteiger partial charge in [0.1, 0.15) is 17.4 Å². The molecule has 0 saturated heterocycles. The highest BCUT2D eigenvalue weighted by molar-refractivity contribution is 6.30. The Morgan fingerprint density at radius 3 is 2.74 bits per heavy atom. The first-order valence-corrected chi connectivity index (χ1v) is 8.05. The van der Waals surface area contributed by atoms with Crippen molar-refractivity contribution in [3.63, 3.8) is 0 Å². The van der Waals surface area contributed by atoms with Crippen LogP contribution in [-0.4, -0.2) is 32.4 Å². The van der Waals surface area contributed by atoms with Gasteiger partial charge in [0, 0.05) is 6.20 Å². The minimum absolute atomic E-state index is 0.341. The third-order valence-corrected chi connectivity index (χ3v) is 3.88. The lowest BCUT2D eigenvalue weighted by Crippen LogP contribution is -2.41. The van der Waals surface area contributed by atoms with Gasteiger partial charge in [0.25, 0.3) is 5.91 Å². The molecule has 2 rings (SSSR count). The van der Waals surface area contributed by atoms with Crippen LogP contribution in [0.1, 0.15) is 49.3 Å². The first-order chi connectivity index (χ1) is 11.0. The number of amides is 1. The van der Waals surface area contributed by atoms with Crippen LogP contribution in [0.3, 0.4) is 0 Å². The molecule has 0 radical (unpaired) electrons. The van der Waals surface area contributed by atoms with Crippen LogP contribution in [0.25, 0.3) is 5.65 Å². The van der Waals surface area contributed by atoms with E-state index in [1.165, 1.54) is 0 Å². The number of nitrogens with one attached hydrogen (secondary N) is 1. The monoisotopic (exact) mass is 337 g/mol. The molecule has 0 aromatic carbocycles. The number of imidazole rings is 1. The number of aromatic nitrogens is 2. The Morgan fingerprint density at radius 2 is 2.13 bits per heavy atom. The zero-order chi connectivity index (χ0) is 17.0. The third-order valence-electron chi connectivity index (χ3n) is 3.65. The predicted molar refractivity (Wildman–Crippen MR) is 88.0 cm³/mol. The summed E-state index contributed by atoms with van der Waals surface area (Å²) in [6.45, 7) is 3.87. The minimum atomic E-state index is -1.03. The van der Waals surface area contributed by atoms with Crippen molar-refractivity contribution >= 4 is 29.1 Å². The molecule has 0 fully saturated rings. The number of nitrogens with zero attached hydrogens (tertiary/aromatic N) is 2. The number of rotatable bonds is 7. The van der Waals surface area contributed by atoms with Gasteiger partial charge in [0.15, 0.2) is 0 Å². The molecule has 2 heterocycles. The van der Waals surface area contributed by atoms with Crippen molar-refractivity contribution in [2.24, 2.45) is 0 Å². The molecular weight excluding hydrogens is 318 g/mol. The van der Waals surface area contributed by atoms with Crippen LogP contribution in [-0.2, 0) is 11.2 Å². The number of aliphatic carboxylic acids is 1. The summed E-state index contributed by atoms with van der Waals surface area (Å²) in [5.41, 5.74) is 1.56. The highest BCUT2D eigenvalue weighted by Crippen LogP contribution is 2.17. The maximum Gasteiger partial charge on any atom is 0.326 e. The molecule has 124 valence electrons.